The summed E-state index contributed by atoms with van der Waals surface area (Å²) in [5.74, 6) is 1.60. The molecule has 0 spiro atoms. The fourth-order valence-electron chi connectivity index (χ4n) is 2.99. The van der Waals surface area contributed by atoms with Crippen LogP contribution in [0.1, 0.15) is 11.3 Å². The number of nitriles is 1. The first-order valence-corrected chi connectivity index (χ1v) is 8.25. The van der Waals surface area contributed by atoms with E-state index in [0.29, 0.717) is 28.7 Å². The minimum atomic E-state index is 0.354. The molecule has 0 bridgehead atoms. The van der Waals surface area contributed by atoms with Gasteiger partial charge in [-0.25, -0.2) is 9.97 Å². The number of ether oxygens (including phenoxy) is 2. The summed E-state index contributed by atoms with van der Waals surface area (Å²) in [4.78, 5) is 8.44. The second-order valence-corrected chi connectivity index (χ2v) is 5.88. The number of benzene rings is 1. The van der Waals surface area contributed by atoms with Crippen LogP contribution in [0.2, 0.25) is 0 Å². The van der Waals surface area contributed by atoms with Crippen LogP contribution in [0.25, 0.3) is 22.1 Å². The molecule has 0 aliphatic heterocycles. The van der Waals surface area contributed by atoms with Crippen molar-refractivity contribution in [3.8, 4) is 34.6 Å². The maximum atomic E-state index is 9.40. The highest BCUT2D eigenvalue weighted by Crippen LogP contribution is 2.38. The third kappa shape index (κ3) is 2.96. The molecule has 0 aliphatic carbocycles. The molecular formula is C21H15N3O3. The molecule has 4 aromatic rings. The van der Waals surface area contributed by atoms with Crippen LogP contribution in [-0.2, 0) is 0 Å². The molecule has 3 heterocycles. The summed E-state index contributed by atoms with van der Waals surface area (Å²) >= 11 is 0. The van der Waals surface area contributed by atoms with Crippen molar-refractivity contribution >= 4 is 11.0 Å². The highest BCUT2D eigenvalue weighted by atomic mass is 16.5. The predicted octanol–water partition coefficient (Wildman–Crippen LogP) is 4.87. The molecule has 0 saturated carbocycles. The smallest absolute Gasteiger partial charge is 0.230 e. The molecule has 4 rings (SSSR count). The Bertz CT molecular complexity index is 1170. The number of pyridine rings is 2. The summed E-state index contributed by atoms with van der Waals surface area (Å²) < 4.78 is 16.9. The van der Waals surface area contributed by atoms with Gasteiger partial charge in [-0.3, -0.25) is 0 Å². The van der Waals surface area contributed by atoms with Crippen LogP contribution in [0.15, 0.2) is 59.5 Å². The Labute approximate surface area is 155 Å². The average Bonchev–Trinajstić information content (AvgIpc) is 3.18. The highest BCUT2D eigenvalue weighted by molar-refractivity contribution is 5.82. The second-order valence-electron chi connectivity index (χ2n) is 5.88. The number of fused-ring (bicyclic) bond motifs is 1. The zero-order valence-electron chi connectivity index (χ0n) is 14.8. The predicted molar refractivity (Wildman–Crippen MR) is 99.8 cm³/mol. The van der Waals surface area contributed by atoms with Crippen LogP contribution in [0.4, 0.5) is 0 Å². The van der Waals surface area contributed by atoms with Gasteiger partial charge >= 0.3 is 0 Å². The van der Waals surface area contributed by atoms with Crippen LogP contribution in [0, 0.1) is 18.3 Å². The Kier molecular flexibility index (Phi) is 4.19. The van der Waals surface area contributed by atoms with Crippen molar-refractivity contribution in [2.24, 2.45) is 0 Å². The quantitative estimate of drug-likeness (QED) is 0.518. The highest BCUT2D eigenvalue weighted by Gasteiger charge is 2.16. The molecule has 0 radical (unpaired) electrons. The molecule has 132 valence electrons. The van der Waals surface area contributed by atoms with Gasteiger partial charge in [0.05, 0.1) is 18.8 Å². The molecular weight excluding hydrogens is 342 g/mol. The monoisotopic (exact) mass is 357 g/mol. The van der Waals surface area contributed by atoms with Crippen molar-refractivity contribution in [1.82, 2.24) is 9.97 Å². The van der Waals surface area contributed by atoms with E-state index in [-0.39, 0.29) is 0 Å². The van der Waals surface area contributed by atoms with Gasteiger partial charge in [-0.15, -0.1) is 0 Å². The zero-order valence-corrected chi connectivity index (χ0v) is 14.8. The van der Waals surface area contributed by atoms with Crippen molar-refractivity contribution in [2.45, 2.75) is 6.92 Å². The lowest BCUT2D eigenvalue weighted by molar-refractivity contribution is 0.409. The van der Waals surface area contributed by atoms with Gasteiger partial charge in [-0.1, -0.05) is 0 Å². The molecule has 6 nitrogen and oxygen atoms in total. The number of furan rings is 1. The minimum Gasteiger partial charge on any atom is -0.496 e. The Morgan fingerprint density at radius 2 is 1.93 bits per heavy atom. The van der Waals surface area contributed by atoms with Gasteiger partial charge in [0, 0.05) is 29.6 Å². The van der Waals surface area contributed by atoms with E-state index < -0.39 is 0 Å². The molecule has 27 heavy (non-hydrogen) atoms. The molecule has 3 aromatic heterocycles. The van der Waals surface area contributed by atoms with Gasteiger partial charge in [0.1, 0.15) is 28.8 Å². The van der Waals surface area contributed by atoms with Crippen molar-refractivity contribution in [3.05, 3.63) is 66.3 Å². The minimum absolute atomic E-state index is 0.354. The topological polar surface area (TPSA) is 81.2 Å². The first kappa shape index (κ1) is 16.6. The van der Waals surface area contributed by atoms with Crippen LogP contribution < -0.4 is 9.47 Å². The summed E-state index contributed by atoms with van der Waals surface area (Å²) in [6.07, 6.45) is 4.85. The molecule has 0 N–H and O–H groups in total. The summed E-state index contributed by atoms with van der Waals surface area (Å²) in [6.45, 7) is 1.94. The van der Waals surface area contributed by atoms with Gasteiger partial charge in [-0.05, 0) is 42.8 Å². The second kappa shape index (κ2) is 6.81. The van der Waals surface area contributed by atoms with E-state index >= 15 is 0 Å². The summed E-state index contributed by atoms with van der Waals surface area (Å²) in [5.41, 5.74) is 3.53. The summed E-state index contributed by atoms with van der Waals surface area (Å²) in [5, 5.41) is 10.2. The van der Waals surface area contributed by atoms with Gasteiger partial charge in [0.2, 0.25) is 5.88 Å². The molecule has 0 saturated heterocycles. The number of nitrogens with zero attached hydrogens (tertiary/aromatic N) is 3. The first-order valence-electron chi connectivity index (χ1n) is 8.25. The van der Waals surface area contributed by atoms with Crippen LogP contribution >= 0.6 is 0 Å². The molecule has 0 atom stereocenters. The van der Waals surface area contributed by atoms with Crippen molar-refractivity contribution in [1.29, 1.82) is 5.26 Å². The Morgan fingerprint density at radius 1 is 1.07 bits per heavy atom. The fourth-order valence-corrected chi connectivity index (χ4v) is 2.99. The first-order chi connectivity index (χ1) is 13.2. The van der Waals surface area contributed by atoms with E-state index in [2.05, 4.69) is 16.0 Å². The standard InChI is InChI=1S/C21H15N3O3/c1-13-5-8-23-17(12-22)20(13)15-4-3-14(11-19(15)25-2)27-21-16-7-10-26-18(16)6-9-24-21/h3-11H,1-2H3. The van der Waals surface area contributed by atoms with Crippen LogP contribution in [-0.4, -0.2) is 17.1 Å². The molecule has 0 aliphatic rings. The third-order valence-corrected chi connectivity index (χ3v) is 4.27. The molecule has 6 heteroatoms. The molecule has 0 fully saturated rings. The third-order valence-electron chi connectivity index (χ3n) is 4.27. The Balaban J connectivity index is 1.77. The van der Waals surface area contributed by atoms with Gasteiger partial charge in [0.15, 0.2) is 0 Å². The van der Waals surface area contributed by atoms with Gasteiger partial charge in [0.25, 0.3) is 0 Å². The molecule has 0 amide bonds. The molecule has 1 aromatic carbocycles. The van der Waals surface area contributed by atoms with E-state index in [1.54, 1.807) is 37.9 Å². The van der Waals surface area contributed by atoms with Gasteiger partial charge < -0.3 is 13.9 Å². The van der Waals surface area contributed by atoms with Crippen LogP contribution in [0.3, 0.4) is 0 Å². The normalized spacial score (nSPS) is 10.6. The Hall–Kier alpha value is -3.85. The maximum absolute atomic E-state index is 9.40. The van der Waals surface area contributed by atoms with Crippen molar-refractivity contribution in [3.63, 3.8) is 0 Å². The lowest BCUT2D eigenvalue weighted by Crippen LogP contribution is -1.96. The van der Waals surface area contributed by atoms with E-state index in [0.717, 1.165) is 22.1 Å². The lowest BCUT2D eigenvalue weighted by Gasteiger charge is -2.14. The maximum Gasteiger partial charge on any atom is 0.230 e. The lowest BCUT2D eigenvalue weighted by atomic mass is 9.98. The van der Waals surface area contributed by atoms with E-state index in [1.165, 1.54) is 0 Å². The summed E-state index contributed by atoms with van der Waals surface area (Å²) in [6, 6.07) is 13.0. The van der Waals surface area contributed by atoms with E-state index in [9.17, 15) is 5.26 Å². The van der Waals surface area contributed by atoms with Crippen molar-refractivity contribution in [2.75, 3.05) is 7.11 Å². The number of aryl methyl sites for hydroxylation is 1. The Morgan fingerprint density at radius 3 is 2.74 bits per heavy atom. The average molecular weight is 357 g/mol. The van der Waals surface area contributed by atoms with Crippen molar-refractivity contribution < 1.29 is 13.9 Å². The van der Waals surface area contributed by atoms with Crippen LogP contribution in [0.5, 0.6) is 17.4 Å². The summed E-state index contributed by atoms with van der Waals surface area (Å²) in [7, 11) is 1.58. The fraction of sp³-hybridized carbons (Fsp3) is 0.0952. The molecule has 0 unspecified atom stereocenters. The zero-order chi connectivity index (χ0) is 18.8. The number of hydrogen-bond acceptors (Lipinski definition) is 6. The number of rotatable bonds is 4. The SMILES string of the molecule is COc1cc(Oc2nccc3occc23)ccc1-c1c(C)ccnc1C#N. The largest absolute Gasteiger partial charge is 0.496 e. The van der Waals surface area contributed by atoms with Gasteiger partial charge in [-0.2, -0.15) is 5.26 Å². The van der Waals surface area contributed by atoms with E-state index in [4.69, 9.17) is 13.9 Å². The van der Waals surface area contributed by atoms with E-state index in [1.807, 2.05) is 31.2 Å². The number of aromatic nitrogens is 2. The number of hydrogen-bond donors (Lipinski definition) is 0. The number of methoxy groups -OCH3 is 1.